The summed E-state index contributed by atoms with van der Waals surface area (Å²) in [6, 6.07) is 7.07. The van der Waals surface area contributed by atoms with Crippen molar-refractivity contribution in [1.82, 2.24) is 0 Å². The minimum Gasteiger partial charge on any atom is -0.308 e. The van der Waals surface area contributed by atoms with Crippen molar-refractivity contribution in [2.75, 3.05) is 11.9 Å². The zero-order valence-electron chi connectivity index (χ0n) is 8.25. The number of rotatable bonds is 1. The van der Waals surface area contributed by atoms with Crippen molar-refractivity contribution in [1.29, 1.82) is 5.26 Å². The van der Waals surface area contributed by atoms with Gasteiger partial charge >= 0.3 is 12.1 Å². The Morgan fingerprint density at radius 2 is 1.81 bits per heavy atom. The van der Waals surface area contributed by atoms with E-state index < -0.39 is 12.1 Å². The molecular formula is C10H7F3N2O. The maximum atomic E-state index is 12.1. The van der Waals surface area contributed by atoms with Crippen molar-refractivity contribution >= 4 is 11.6 Å². The van der Waals surface area contributed by atoms with Crippen LogP contribution < -0.4 is 4.90 Å². The van der Waals surface area contributed by atoms with Gasteiger partial charge in [0, 0.05) is 12.7 Å². The van der Waals surface area contributed by atoms with Gasteiger partial charge in [0.05, 0.1) is 11.6 Å². The van der Waals surface area contributed by atoms with Gasteiger partial charge in [-0.3, -0.25) is 4.79 Å². The van der Waals surface area contributed by atoms with Gasteiger partial charge in [-0.2, -0.15) is 18.4 Å². The van der Waals surface area contributed by atoms with E-state index >= 15 is 0 Å². The second-order valence-electron chi connectivity index (χ2n) is 3.02. The maximum absolute atomic E-state index is 12.1. The number of carbonyl (C=O) groups excluding carboxylic acids is 1. The highest BCUT2D eigenvalue weighted by molar-refractivity contribution is 5.96. The van der Waals surface area contributed by atoms with Crippen LogP contribution in [-0.4, -0.2) is 19.1 Å². The van der Waals surface area contributed by atoms with Gasteiger partial charge in [0.1, 0.15) is 0 Å². The smallest absolute Gasteiger partial charge is 0.308 e. The first-order valence-corrected chi connectivity index (χ1v) is 4.21. The molecule has 1 rings (SSSR count). The number of nitriles is 1. The number of amides is 1. The van der Waals surface area contributed by atoms with Crippen LogP contribution >= 0.6 is 0 Å². The number of benzene rings is 1. The number of nitrogens with zero attached hydrogens (tertiary/aromatic N) is 2. The lowest BCUT2D eigenvalue weighted by molar-refractivity contribution is -0.170. The van der Waals surface area contributed by atoms with Gasteiger partial charge in [0.15, 0.2) is 0 Å². The Bertz CT molecular complexity index is 431. The fourth-order valence-corrected chi connectivity index (χ4v) is 1.07. The first kappa shape index (κ1) is 12.0. The van der Waals surface area contributed by atoms with Crippen LogP contribution in [0.2, 0.25) is 0 Å². The van der Waals surface area contributed by atoms with Crippen molar-refractivity contribution in [3.8, 4) is 6.07 Å². The number of halogens is 3. The van der Waals surface area contributed by atoms with Gasteiger partial charge in [-0.1, -0.05) is 0 Å². The summed E-state index contributed by atoms with van der Waals surface area (Å²) in [6.45, 7) is 0. The molecule has 0 aliphatic heterocycles. The summed E-state index contributed by atoms with van der Waals surface area (Å²) in [5.74, 6) is -1.95. The van der Waals surface area contributed by atoms with E-state index in [0.29, 0.717) is 10.5 Å². The number of hydrogen-bond donors (Lipinski definition) is 0. The molecular weight excluding hydrogens is 221 g/mol. The lowest BCUT2D eigenvalue weighted by Gasteiger charge is -2.18. The zero-order valence-corrected chi connectivity index (χ0v) is 8.25. The first-order chi connectivity index (χ1) is 7.36. The molecule has 3 nitrogen and oxygen atoms in total. The van der Waals surface area contributed by atoms with Crippen molar-refractivity contribution in [3.05, 3.63) is 29.8 Å². The third-order valence-electron chi connectivity index (χ3n) is 1.93. The highest BCUT2D eigenvalue weighted by Gasteiger charge is 2.41. The molecule has 16 heavy (non-hydrogen) atoms. The SMILES string of the molecule is CN(C(=O)C(F)(F)F)c1ccc(C#N)cc1. The van der Waals surface area contributed by atoms with Crippen molar-refractivity contribution in [2.24, 2.45) is 0 Å². The van der Waals surface area contributed by atoms with Crippen LogP contribution in [0.25, 0.3) is 0 Å². The van der Waals surface area contributed by atoms with Gasteiger partial charge in [0.2, 0.25) is 0 Å². The molecule has 6 heteroatoms. The Balaban J connectivity index is 2.94. The largest absolute Gasteiger partial charge is 0.471 e. The standard InChI is InChI=1S/C10H7F3N2O/c1-15(9(16)10(11,12)13)8-4-2-7(6-14)3-5-8/h2-5H,1H3. The number of carbonyl (C=O) groups is 1. The molecule has 0 atom stereocenters. The van der Waals surface area contributed by atoms with E-state index in [4.69, 9.17) is 5.26 Å². The molecule has 0 bridgehead atoms. The molecule has 1 aromatic rings. The highest BCUT2D eigenvalue weighted by Crippen LogP contribution is 2.22. The van der Waals surface area contributed by atoms with Gasteiger partial charge in [0.25, 0.3) is 0 Å². The summed E-state index contributed by atoms with van der Waals surface area (Å²) in [5.41, 5.74) is 0.401. The van der Waals surface area contributed by atoms with Crippen molar-refractivity contribution < 1.29 is 18.0 Å². The highest BCUT2D eigenvalue weighted by atomic mass is 19.4. The van der Waals surface area contributed by atoms with E-state index in [-0.39, 0.29) is 5.69 Å². The summed E-state index contributed by atoms with van der Waals surface area (Å²) in [4.78, 5) is 11.3. The number of anilines is 1. The topological polar surface area (TPSA) is 44.1 Å². The fourth-order valence-electron chi connectivity index (χ4n) is 1.07. The fraction of sp³-hybridized carbons (Fsp3) is 0.200. The summed E-state index contributed by atoms with van der Waals surface area (Å²) < 4.78 is 36.3. The molecule has 0 saturated heterocycles. The second kappa shape index (κ2) is 4.23. The third kappa shape index (κ3) is 2.51. The Kier molecular flexibility index (Phi) is 3.18. The van der Waals surface area contributed by atoms with Gasteiger partial charge < -0.3 is 4.90 Å². The van der Waals surface area contributed by atoms with E-state index in [1.807, 2.05) is 6.07 Å². The molecule has 0 fully saturated rings. The van der Waals surface area contributed by atoms with E-state index in [1.165, 1.54) is 24.3 Å². The number of hydrogen-bond acceptors (Lipinski definition) is 2. The predicted octanol–water partition coefficient (Wildman–Crippen LogP) is 2.08. The number of alkyl halides is 3. The van der Waals surface area contributed by atoms with Gasteiger partial charge in [-0.05, 0) is 24.3 Å². The minimum atomic E-state index is -4.90. The Hall–Kier alpha value is -2.03. The minimum absolute atomic E-state index is 0.0846. The molecule has 0 unspecified atom stereocenters. The molecule has 0 aliphatic carbocycles. The van der Waals surface area contributed by atoms with Crippen LogP contribution in [0.3, 0.4) is 0 Å². The monoisotopic (exact) mass is 228 g/mol. The molecule has 0 heterocycles. The van der Waals surface area contributed by atoms with E-state index in [9.17, 15) is 18.0 Å². The van der Waals surface area contributed by atoms with Crippen LogP contribution in [-0.2, 0) is 4.79 Å². The Morgan fingerprint density at radius 3 is 2.19 bits per heavy atom. The summed E-state index contributed by atoms with van der Waals surface area (Å²) >= 11 is 0. The average molecular weight is 228 g/mol. The molecule has 0 aromatic heterocycles. The maximum Gasteiger partial charge on any atom is 0.471 e. The normalized spacial score (nSPS) is 10.7. The molecule has 84 valence electrons. The van der Waals surface area contributed by atoms with Gasteiger partial charge in [-0.15, -0.1) is 0 Å². The molecule has 0 saturated carbocycles. The average Bonchev–Trinajstić information content (AvgIpc) is 2.26. The predicted molar refractivity (Wildman–Crippen MR) is 50.6 cm³/mol. The van der Waals surface area contributed by atoms with Gasteiger partial charge in [-0.25, -0.2) is 0 Å². The summed E-state index contributed by atoms with van der Waals surface area (Å²) in [5, 5.41) is 8.49. The Morgan fingerprint density at radius 1 is 1.31 bits per heavy atom. The molecule has 0 spiro atoms. The quantitative estimate of drug-likeness (QED) is 0.738. The summed E-state index contributed by atoms with van der Waals surface area (Å²) in [7, 11) is 1.03. The van der Waals surface area contributed by atoms with Crippen LogP contribution in [0.5, 0.6) is 0 Å². The van der Waals surface area contributed by atoms with Crippen LogP contribution in [0.1, 0.15) is 5.56 Å². The van der Waals surface area contributed by atoms with Crippen LogP contribution in [0, 0.1) is 11.3 Å². The third-order valence-corrected chi connectivity index (χ3v) is 1.93. The zero-order chi connectivity index (χ0) is 12.3. The van der Waals surface area contributed by atoms with E-state index in [2.05, 4.69) is 0 Å². The van der Waals surface area contributed by atoms with Crippen molar-refractivity contribution in [3.63, 3.8) is 0 Å². The first-order valence-electron chi connectivity index (χ1n) is 4.21. The second-order valence-corrected chi connectivity index (χ2v) is 3.02. The van der Waals surface area contributed by atoms with Crippen molar-refractivity contribution in [2.45, 2.75) is 6.18 Å². The summed E-state index contributed by atoms with van der Waals surface area (Å²) in [6.07, 6.45) is -4.90. The lowest BCUT2D eigenvalue weighted by atomic mass is 10.2. The van der Waals surface area contributed by atoms with Crippen LogP contribution in [0.15, 0.2) is 24.3 Å². The van der Waals surface area contributed by atoms with E-state index in [0.717, 1.165) is 7.05 Å². The molecule has 0 radical (unpaired) electrons. The van der Waals surface area contributed by atoms with E-state index in [1.54, 1.807) is 0 Å². The molecule has 0 N–H and O–H groups in total. The Labute approximate surface area is 89.7 Å². The molecule has 0 aliphatic rings. The molecule has 1 aromatic carbocycles. The lowest BCUT2D eigenvalue weighted by Crippen LogP contribution is -2.38. The van der Waals surface area contributed by atoms with Crippen LogP contribution in [0.4, 0.5) is 18.9 Å². The molecule has 1 amide bonds.